The SMILES string of the molecule is COc1ccc(S(=O)(=O)N2CCCC(CNC(=O)C34CC5C[C@H](C3)[C@@H](C5)C4)C2)cc1. The molecule has 7 heteroatoms. The second-order valence-electron chi connectivity index (χ2n) is 10.0. The first-order valence-corrected chi connectivity index (χ1v) is 12.8. The van der Waals surface area contributed by atoms with E-state index in [4.69, 9.17) is 4.74 Å². The van der Waals surface area contributed by atoms with E-state index < -0.39 is 10.0 Å². The van der Waals surface area contributed by atoms with Gasteiger partial charge in [-0.1, -0.05) is 0 Å². The summed E-state index contributed by atoms with van der Waals surface area (Å²) >= 11 is 0. The zero-order valence-electron chi connectivity index (χ0n) is 17.7. The van der Waals surface area contributed by atoms with Crippen molar-refractivity contribution in [3.05, 3.63) is 24.3 Å². The van der Waals surface area contributed by atoms with Gasteiger partial charge < -0.3 is 10.1 Å². The summed E-state index contributed by atoms with van der Waals surface area (Å²) in [6.45, 7) is 1.58. The van der Waals surface area contributed by atoms with Crippen molar-refractivity contribution in [3.63, 3.8) is 0 Å². The van der Waals surface area contributed by atoms with Crippen LogP contribution in [-0.4, -0.2) is 45.4 Å². The van der Waals surface area contributed by atoms with Crippen LogP contribution in [0.2, 0.25) is 0 Å². The molecule has 1 amide bonds. The van der Waals surface area contributed by atoms with E-state index in [1.54, 1.807) is 35.7 Å². The fourth-order valence-corrected chi connectivity index (χ4v) is 8.38. The monoisotopic (exact) mass is 432 g/mol. The molecule has 4 aliphatic carbocycles. The molecule has 1 aromatic carbocycles. The van der Waals surface area contributed by atoms with Crippen LogP contribution >= 0.6 is 0 Å². The number of hydrogen-bond acceptors (Lipinski definition) is 4. The van der Waals surface area contributed by atoms with Crippen molar-refractivity contribution in [2.75, 3.05) is 26.7 Å². The molecule has 4 bridgehead atoms. The molecule has 1 saturated heterocycles. The molecule has 4 saturated carbocycles. The van der Waals surface area contributed by atoms with E-state index in [9.17, 15) is 13.2 Å². The van der Waals surface area contributed by atoms with Crippen LogP contribution in [0.15, 0.2) is 29.2 Å². The van der Waals surface area contributed by atoms with Gasteiger partial charge in [0.05, 0.1) is 12.0 Å². The molecule has 164 valence electrons. The van der Waals surface area contributed by atoms with Gasteiger partial charge in [-0.25, -0.2) is 8.42 Å². The number of carbonyl (C=O) groups excluding carboxylic acids is 1. The number of hydrogen-bond donors (Lipinski definition) is 1. The third-order valence-electron chi connectivity index (χ3n) is 8.14. The van der Waals surface area contributed by atoms with Crippen LogP contribution in [0.5, 0.6) is 5.75 Å². The number of nitrogens with one attached hydrogen (secondary N) is 1. The van der Waals surface area contributed by atoms with Crippen molar-refractivity contribution in [1.82, 2.24) is 9.62 Å². The summed E-state index contributed by atoms with van der Waals surface area (Å²) in [4.78, 5) is 13.4. The minimum atomic E-state index is -3.53. The quantitative estimate of drug-likeness (QED) is 0.750. The van der Waals surface area contributed by atoms with E-state index >= 15 is 0 Å². The molecule has 1 N–H and O–H groups in total. The predicted molar refractivity (Wildman–Crippen MR) is 113 cm³/mol. The number of nitrogens with zero attached hydrogens (tertiary/aromatic N) is 1. The van der Waals surface area contributed by atoms with E-state index in [0.29, 0.717) is 30.3 Å². The Labute approximate surface area is 179 Å². The third-order valence-corrected chi connectivity index (χ3v) is 10.0. The minimum Gasteiger partial charge on any atom is -0.497 e. The lowest BCUT2D eigenvalue weighted by Crippen LogP contribution is -2.47. The number of sulfonamides is 1. The minimum absolute atomic E-state index is 0.125. The third kappa shape index (κ3) is 3.44. The molecule has 5 fully saturated rings. The number of carbonyl (C=O) groups is 1. The number of ether oxygens (including phenoxy) is 1. The molecular weight excluding hydrogens is 400 g/mol. The van der Waals surface area contributed by atoms with Gasteiger partial charge in [0.25, 0.3) is 0 Å². The van der Waals surface area contributed by atoms with Crippen LogP contribution in [0.3, 0.4) is 0 Å². The number of amides is 1. The normalized spacial score (nSPS) is 35.5. The maximum atomic E-state index is 13.1. The average molecular weight is 433 g/mol. The van der Waals surface area contributed by atoms with Gasteiger partial charge in [-0.15, -0.1) is 0 Å². The van der Waals surface area contributed by atoms with Crippen molar-refractivity contribution in [2.45, 2.75) is 49.8 Å². The van der Waals surface area contributed by atoms with Gasteiger partial charge in [0.15, 0.2) is 0 Å². The summed E-state index contributed by atoms with van der Waals surface area (Å²) in [6.07, 6.45) is 7.66. The highest BCUT2D eigenvalue weighted by atomic mass is 32.2. The average Bonchev–Trinajstić information content (AvgIpc) is 3.19. The zero-order valence-corrected chi connectivity index (χ0v) is 18.5. The summed E-state index contributed by atoms with van der Waals surface area (Å²) in [6, 6.07) is 6.56. The molecule has 1 aliphatic heterocycles. The molecule has 6 nitrogen and oxygen atoms in total. The first-order valence-electron chi connectivity index (χ1n) is 11.3. The van der Waals surface area contributed by atoms with Crippen LogP contribution in [-0.2, 0) is 14.8 Å². The summed E-state index contributed by atoms with van der Waals surface area (Å²) in [5.74, 6) is 3.34. The van der Waals surface area contributed by atoms with E-state index in [1.807, 2.05) is 0 Å². The van der Waals surface area contributed by atoms with Gasteiger partial charge >= 0.3 is 0 Å². The number of methoxy groups -OCH3 is 1. The Hall–Kier alpha value is -1.60. The van der Waals surface area contributed by atoms with Crippen LogP contribution < -0.4 is 10.1 Å². The van der Waals surface area contributed by atoms with E-state index in [0.717, 1.165) is 49.9 Å². The fraction of sp³-hybridized carbons (Fsp3) is 0.696. The summed E-state index contributed by atoms with van der Waals surface area (Å²) in [5.41, 5.74) is -0.125. The second-order valence-corrected chi connectivity index (χ2v) is 11.9. The summed E-state index contributed by atoms with van der Waals surface area (Å²) < 4.78 is 32.8. The van der Waals surface area contributed by atoms with E-state index in [-0.39, 0.29) is 17.2 Å². The number of benzene rings is 1. The molecule has 0 radical (unpaired) electrons. The molecule has 6 rings (SSSR count). The standard InChI is InChI=1S/C23H32N2O4S/c1-29-20-4-6-21(7-5-20)30(27,28)25-8-2-3-16(15-25)14-24-22(26)23-11-17-9-18(12-23)19(10-17)13-23/h4-7,16-19H,2-3,8-15H2,1H3,(H,24,26)/t16?,17?,18-,19+,23?. The lowest BCUT2D eigenvalue weighted by Gasteiger charge is -2.38. The van der Waals surface area contributed by atoms with Gasteiger partial charge in [-0.2, -0.15) is 4.31 Å². The molecule has 3 unspecified atom stereocenters. The van der Waals surface area contributed by atoms with Crippen molar-refractivity contribution in [1.29, 1.82) is 0 Å². The Kier molecular flexibility index (Phi) is 5.09. The van der Waals surface area contributed by atoms with E-state index in [1.165, 1.54) is 12.8 Å². The van der Waals surface area contributed by atoms with Crippen molar-refractivity contribution < 1.29 is 17.9 Å². The molecule has 0 aromatic heterocycles. The first kappa shape index (κ1) is 20.3. The van der Waals surface area contributed by atoms with Crippen molar-refractivity contribution in [3.8, 4) is 5.75 Å². The zero-order chi connectivity index (χ0) is 20.9. The maximum Gasteiger partial charge on any atom is 0.243 e. The highest BCUT2D eigenvalue weighted by Crippen LogP contribution is 2.64. The van der Waals surface area contributed by atoms with Gasteiger partial charge in [0, 0.05) is 25.0 Å². The number of rotatable bonds is 6. The van der Waals surface area contributed by atoms with Gasteiger partial charge in [0.1, 0.15) is 5.75 Å². The largest absolute Gasteiger partial charge is 0.497 e. The smallest absolute Gasteiger partial charge is 0.243 e. The Morgan fingerprint density at radius 3 is 2.50 bits per heavy atom. The Morgan fingerprint density at radius 1 is 1.17 bits per heavy atom. The van der Waals surface area contributed by atoms with Gasteiger partial charge in [0.2, 0.25) is 15.9 Å². The molecule has 0 spiro atoms. The molecule has 30 heavy (non-hydrogen) atoms. The second kappa shape index (κ2) is 7.52. The van der Waals surface area contributed by atoms with Crippen molar-refractivity contribution >= 4 is 15.9 Å². The number of piperidine rings is 1. The van der Waals surface area contributed by atoms with Crippen LogP contribution in [0.1, 0.15) is 44.9 Å². The Bertz CT molecular complexity index is 894. The Morgan fingerprint density at radius 2 is 1.87 bits per heavy atom. The fourth-order valence-electron chi connectivity index (χ4n) is 6.82. The maximum absolute atomic E-state index is 13.1. The lowest BCUT2D eigenvalue weighted by molar-refractivity contribution is -0.134. The molecule has 1 aromatic rings. The summed E-state index contributed by atoms with van der Waals surface area (Å²) in [7, 11) is -1.96. The highest BCUT2D eigenvalue weighted by molar-refractivity contribution is 7.89. The molecule has 1 heterocycles. The van der Waals surface area contributed by atoms with Crippen LogP contribution in [0.4, 0.5) is 0 Å². The van der Waals surface area contributed by atoms with Crippen molar-refractivity contribution in [2.24, 2.45) is 29.1 Å². The predicted octanol–water partition coefficient (Wildman–Crippen LogP) is 3.04. The highest BCUT2D eigenvalue weighted by Gasteiger charge is 2.59. The van der Waals surface area contributed by atoms with Gasteiger partial charge in [-0.3, -0.25) is 4.79 Å². The first-order chi connectivity index (χ1) is 14.4. The lowest BCUT2D eigenvalue weighted by atomic mass is 9.69. The van der Waals surface area contributed by atoms with Crippen LogP contribution in [0.25, 0.3) is 0 Å². The topological polar surface area (TPSA) is 75.7 Å². The Balaban J connectivity index is 1.20. The molecular formula is C23H32N2O4S. The summed E-state index contributed by atoms with van der Waals surface area (Å²) in [5, 5.41) is 3.23. The van der Waals surface area contributed by atoms with Crippen LogP contribution in [0, 0.1) is 29.1 Å². The molecule has 5 atom stereocenters. The van der Waals surface area contributed by atoms with Gasteiger partial charge in [-0.05, 0) is 92.9 Å². The van der Waals surface area contributed by atoms with E-state index in [2.05, 4.69) is 5.32 Å². The molecule has 5 aliphatic rings.